The van der Waals surface area contributed by atoms with Crippen molar-refractivity contribution in [2.75, 3.05) is 5.32 Å². The van der Waals surface area contributed by atoms with Gasteiger partial charge in [0.1, 0.15) is 5.02 Å². The molecule has 0 spiro atoms. The standard InChI is InChI=1S/C14H12BrClN2O2/c1-9-6-11(15)3-5-13(9)17-8-10-2-4-12(16)14(7-10)18(19)20/h2-7,17H,8H2,1H3. The Balaban J connectivity index is 2.15. The van der Waals surface area contributed by atoms with Gasteiger partial charge in [-0.15, -0.1) is 0 Å². The van der Waals surface area contributed by atoms with E-state index in [1.54, 1.807) is 12.1 Å². The van der Waals surface area contributed by atoms with E-state index in [-0.39, 0.29) is 10.7 Å². The van der Waals surface area contributed by atoms with Crippen molar-refractivity contribution in [2.45, 2.75) is 13.5 Å². The van der Waals surface area contributed by atoms with Crippen molar-refractivity contribution in [1.29, 1.82) is 0 Å². The maximum absolute atomic E-state index is 10.8. The second-order valence-corrected chi connectivity index (χ2v) is 5.68. The van der Waals surface area contributed by atoms with Crippen LogP contribution in [0.25, 0.3) is 0 Å². The summed E-state index contributed by atoms with van der Waals surface area (Å²) in [5, 5.41) is 14.2. The van der Waals surface area contributed by atoms with E-state index in [1.807, 2.05) is 25.1 Å². The first kappa shape index (κ1) is 14.8. The fourth-order valence-electron chi connectivity index (χ4n) is 1.83. The highest BCUT2D eigenvalue weighted by Gasteiger charge is 2.12. The Kier molecular flexibility index (Phi) is 4.62. The summed E-state index contributed by atoms with van der Waals surface area (Å²) in [6, 6.07) is 10.7. The molecule has 0 radical (unpaired) electrons. The lowest BCUT2D eigenvalue weighted by molar-refractivity contribution is -0.384. The average Bonchev–Trinajstić information content (AvgIpc) is 2.39. The first-order valence-electron chi connectivity index (χ1n) is 5.90. The van der Waals surface area contributed by atoms with Crippen LogP contribution in [0.2, 0.25) is 5.02 Å². The van der Waals surface area contributed by atoms with Crippen LogP contribution in [0.1, 0.15) is 11.1 Å². The predicted octanol–water partition coefficient (Wildman–Crippen LogP) is 4.93. The molecule has 0 saturated carbocycles. The van der Waals surface area contributed by atoms with Crippen LogP contribution in [0, 0.1) is 17.0 Å². The summed E-state index contributed by atoms with van der Waals surface area (Å²) in [5.41, 5.74) is 2.83. The van der Waals surface area contributed by atoms with Gasteiger partial charge in [0.2, 0.25) is 0 Å². The summed E-state index contributed by atoms with van der Waals surface area (Å²) in [6.45, 7) is 2.50. The van der Waals surface area contributed by atoms with Crippen LogP contribution in [0.4, 0.5) is 11.4 Å². The summed E-state index contributed by atoms with van der Waals surface area (Å²) in [5.74, 6) is 0. The monoisotopic (exact) mass is 354 g/mol. The minimum Gasteiger partial charge on any atom is -0.381 e. The van der Waals surface area contributed by atoms with Gasteiger partial charge in [-0.2, -0.15) is 0 Å². The highest BCUT2D eigenvalue weighted by atomic mass is 79.9. The summed E-state index contributed by atoms with van der Waals surface area (Å²) in [4.78, 5) is 10.4. The van der Waals surface area contributed by atoms with Gasteiger partial charge in [0.25, 0.3) is 5.69 Å². The van der Waals surface area contributed by atoms with Crippen LogP contribution in [-0.4, -0.2) is 4.92 Å². The van der Waals surface area contributed by atoms with E-state index in [1.165, 1.54) is 6.07 Å². The van der Waals surface area contributed by atoms with Crippen molar-refractivity contribution < 1.29 is 4.92 Å². The molecule has 0 atom stereocenters. The lowest BCUT2D eigenvalue weighted by Crippen LogP contribution is -2.02. The molecule has 0 unspecified atom stereocenters. The number of hydrogen-bond acceptors (Lipinski definition) is 3. The molecule has 2 rings (SSSR count). The zero-order valence-corrected chi connectivity index (χ0v) is 13.0. The topological polar surface area (TPSA) is 55.2 Å². The van der Waals surface area contributed by atoms with Crippen LogP contribution in [0.15, 0.2) is 40.9 Å². The van der Waals surface area contributed by atoms with E-state index in [0.29, 0.717) is 6.54 Å². The minimum absolute atomic E-state index is 0.0708. The van der Waals surface area contributed by atoms with Crippen LogP contribution in [0.3, 0.4) is 0 Å². The van der Waals surface area contributed by atoms with Crippen LogP contribution in [-0.2, 0) is 6.54 Å². The molecule has 2 aromatic rings. The lowest BCUT2D eigenvalue weighted by atomic mass is 10.1. The Bertz CT molecular complexity index is 662. The fourth-order valence-corrected chi connectivity index (χ4v) is 2.49. The highest BCUT2D eigenvalue weighted by molar-refractivity contribution is 9.10. The van der Waals surface area contributed by atoms with E-state index in [9.17, 15) is 10.1 Å². The molecule has 6 heteroatoms. The molecule has 1 N–H and O–H groups in total. The summed E-state index contributed by atoms with van der Waals surface area (Å²) in [6.07, 6.45) is 0. The Hall–Kier alpha value is -1.59. The number of hydrogen-bond donors (Lipinski definition) is 1. The molecule has 0 aliphatic heterocycles. The molecule has 0 saturated heterocycles. The number of halogens is 2. The van der Waals surface area contributed by atoms with E-state index in [0.717, 1.165) is 21.3 Å². The summed E-state index contributed by atoms with van der Waals surface area (Å²) >= 11 is 9.19. The maximum Gasteiger partial charge on any atom is 0.288 e. The highest BCUT2D eigenvalue weighted by Crippen LogP contribution is 2.26. The zero-order chi connectivity index (χ0) is 14.7. The SMILES string of the molecule is Cc1cc(Br)ccc1NCc1ccc(Cl)c([N+](=O)[O-])c1. The van der Waals surface area contributed by atoms with E-state index in [4.69, 9.17) is 11.6 Å². The van der Waals surface area contributed by atoms with E-state index >= 15 is 0 Å². The lowest BCUT2D eigenvalue weighted by Gasteiger charge is -2.10. The molecule has 0 aromatic heterocycles. The van der Waals surface area contributed by atoms with Gasteiger partial charge in [0, 0.05) is 22.8 Å². The molecule has 2 aromatic carbocycles. The van der Waals surface area contributed by atoms with Crippen molar-refractivity contribution in [2.24, 2.45) is 0 Å². The molecule has 0 amide bonds. The van der Waals surface area contributed by atoms with Crippen molar-refractivity contribution >= 4 is 38.9 Å². The number of nitro benzene ring substituents is 1. The van der Waals surface area contributed by atoms with E-state index in [2.05, 4.69) is 21.2 Å². The molecule has 20 heavy (non-hydrogen) atoms. The minimum atomic E-state index is -0.475. The Morgan fingerprint density at radius 2 is 2.05 bits per heavy atom. The second-order valence-electron chi connectivity index (χ2n) is 4.36. The van der Waals surface area contributed by atoms with Crippen LogP contribution in [0.5, 0.6) is 0 Å². The molecule has 104 valence electrons. The van der Waals surface area contributed by atoms with Gasteiger partial charge >= 0.3 is 0 Å². The third-order valence-electron chi connectivity index (χ3n) is 2.88. The largest absolute Gasteiger partial charge is 0.381 e. The van der Waals surface area contributed by atoms with Gasteiger partial charge in [0.05, 0.1) is 4.92 Å². The first-order valence-corrected chi connectivity index (χ1v) is 7.07. The molecule has 4 nitrogen and oxygen atoms in total. The number of rotatable bonds is 4. The maximum atomic E-state index is 10.8. The third-order valence-corrected chi connectivity index (χ3v) is 3.69. The number of aryl methyl sites for hydroxylation is 1. The van der Waals surface area contributed by atoms with Crippen LogP contribution >= 0.6 is 27.5 Å². The van der Waals surface area contributed by atoms with E-state index < -0.39 is 4.92 Å². The summed E-state index contributed by atoms with van der Waals surface area (Å²) in [7, 11) is 0. The quantitative estimate of drug-likeness (QED) is 0.625. The van der Waals surface area contributed by atoms with Gasteiger partial charge in [-0.3, -0.25) is 10.1 Å². The normalized spacial score (nSPS) is 10.3. The Labute approximate surface area is 130 Å². The first-order chi connectivity index (χ1) is 9.47. The van der Waals surface area contributed by atoms with Crippen molar-refractivity contribution in [3.05, 3.63) is 67.1 Å². The van der Waals surface area contributed by atoms with Gasteiger partial charge < -0.3 is 5.32 Å². The van der Waals surface area contributed by atoms with Gasteiger partial charge in [-0.1, -0.05) is 33.6 Å². The van der Waals surface area contributed by atoms with Crippen molar-refractivity contribution in [3.8, 4) is 0 Å². The fraction of sp³-hybridized carbons (Fsp3) is 0.143. The van der Waals surface area contributed by atoms with Crippen LogP contribution < -0.4 is 5.32 Å². The van der Waals surface area contributed by atoms with Gasteiger partial charge in [-0.05, 0) is 42.3 Å². The van der Waals surface area contributed by atoms with Crippen molar-refractivity contribution in [1.82, 2.24) is 0 Å². The summed E-state index contributed by atoms with van der Waals surface area (Å²) < 4.78 is 1.02. The van der Waals surface area contributed by atoms with Crippen molar-refractivity contribution in [3.63, 3.8) is 0 Å². The molecule has 0 bridgehead atoms. The molecule has 0 heterocycles. The third kappa shape index (κ3) is 3.49. The number of anilines is 1. The Morgan fingerprint density at radius 1 is 1.30 bits per heavy atom. The molecule has 0 aliphatic rings. The molecular weight excluding hydrogens is 344 g/mol. The van der Waals surface area contributed by atoms with Gasteiger partial charge in [-0.25, -0.2) is 0 Å². The smallest absolute Gasteiger partial charge is 0.288 e. The number of nitrogens with zero attached hydrogens (tertiary/aromatic N) is 1. The number of benzene rings is 2. The van der Waals surface area contributed by atoms with Gasteiger partial charge in [0.15, 0.2) is 0 Å². The predicted molar refractivity (Wildman–Crippen MR) is 84.3 cm³/mol. The second kappa shape index (κ2) is 6.24. The molecular formula is C14H12BrClN2O2. The molecule has 0 aliphatic carbocycles. The Morgan fingerprint density at radius 3 is 2.70 bits per heavy atom. The molecule has 0 fully saturated rings. The number of nitro groups is 1. The zero-order valence-electron chi connectivity index (χ0n) is 10.7. The average molecular weight is 356 g/mol. The number of nitrogens with one attached hydrogen (secondary N) is 1.